The molecular weight excluding hydrogens is 234 g/mol. The van der Waals surface area contributed by atoms with Gasteiger partial charge in [0.1, 0.15) is 6.61 Å². The molecule has 0 spiro atoms. The van der Waals surface area contributed by atoms with Gasteiger partial charge >= 0.3 is 12.1 Å². The van der Waals surface area contributed by atoms with Crippen molar-refractivity contribution >= 4 is 12.1 Å². The van der Waals surface area contributed by atoms with Crippen molar-refractivity contribution in [3.8, 4) is 0 Å². The fourth-order valence-corrected chi connectivity index (χ4v) is 2.44. The van der Waals surface area contributed by atoms with E-state index in [4.69, 9.17) is 9.84 Å². The first-order valence-corrected chi connectivity index (χ1v) is 6.35. The first-order chi connectivity index (χ1) is 8.60. The van der Waals surface area contributed by atoms with E-state index < -0.39 is 5.97 Å². The minimum Gasteiger partial charge on any atom is -0.481 e. The van der Waals surface area contributed by atoms with Crippen LogP contribution < -0.4 is 0 Å². The van der Waals surface area contributed by atoms with Crippen LogP contribution in [0.25, 0.3) is 0 Å². The fourth-order valence-electron chi connectivity index (χ4n) is 2.44. The predicted octanol–water partition coefficient (Wildman–Crippen LogP) is 2.13. The molecule has 1 aliphatic heterocycles. The summed E-state index contributed by atoms with van der Waals surface area (Å²) in [6, 6.07) is 0. The summed E-state index contributed by atoms with van der Waals surface area (Å²) in [5.41, 5.74) is 0. The molecule has 5 nitrogen and oxygen atoms in total. The molecule has 0 radical (unpaired) electrons. The highest BCUT2D eigenvalue weighted by Gasteiger charge is 2.32. The van der Waals surface area contributed by atoms with Gasteiger partial charge in [-0.05, 0) is 25.2 Å². The van der Waals surface area contributed by atoms with Crippen LogP contribution in [0.2, 0.25) is 0 Å². The minimum atomic E-state index is -0.774. The zero-order chi connectivity index (χ0) is 13.5. The zero-order valence-corrected chi connectivity index (χ0v) is 10.8. The van der Waals surface area contributed by atoms with Crippen LogP contribution in [0.3, 0.4) is 0 Å². The third-order valence-corrected chi connectivity index (χ3v) is 3.37. The Bertz CT molecular complexity index is 316. The summed E-state index contributed by atoms with van der Waals surface area (Å²) in [6.07, 6.45) is 3.43. The van der Waals surface area contributed by atoms with Crippen LogP contribution in [-0.2, 0) is 9.53 Å². The number of carbonyl (C=O) groups excluding carboxylic acids is 1. The molecule has 2 unspecified atom stereocenters. The molecule has 1 amide bonds. The summed E-state index contributed by atoms with van der Waals surface area (Å²) >= 11 is 0. The highest BCUT2D eigenvalue weighted by Crippen LogP contribution is 2.26. The Labute approximate surface area is 107 Å². The van der Waals surface area contributed by atoms with Crippen LogP contribution in [0.1, 0.15) is 26.2 Å². The molecular formula is C13H21NO4. The first kappa shape index (κ1) is 14.5. The number of aliphatic carboxylic acids is 1. The van der Waals surface area contributed by atoms with Crippen LogP contribution in [-0.4, -0.2) is 41.8 Å². The maximum absolute atomic E-state index is 11.7. The van der Waals surface area contributed by atoms with Gasteiger partial charge in [0.05, 0.1) is 5.92 Å². The lowest BCUT2D eigenvalue weighted by Gasteiger charge is -2.34. The molecule has 1 fully saturated rings. The highest BCUT2D eigenvalue weighted by atomic mass is 16.6. The van der Waals surface area contributed by atoms with Gasteiger partial charge in [-0.15, -0.1) is 0 Å². The molecule has 0 aromatic heterocycles. The van der Waals surface area contributed by atoms with Gasteiger partial charge in [0, 0.05) is 13.1 Å². The van der Waals surface area contributed by atoms with Crippen LogP contribution in [0.5, 0.6) is 0 Å². The van der Waals surface area contributed by atoms with Gasteiger partial charge in [0.25, 0.3) is 0 Å². The number of carbonyl (C=O) groups is 2. The van der Waals surface area contributed by atoms with Crippen LogP contribution in [0.15, 0.2) is 12.7 Å². The molecule has 0 bridgehead atoms. The summed E-state index contributed by atoms with van der Waals surface area (Å²) in [4.78, 5) is 24.4. The second-order valence-corrected chi connectivity index (χ2v) is 4.57. The average Bonchev–Trinajstić information content (AvgIpc) is 2.36. The Morgan fingerprint density at radius 3 is 2.89 bits per heavy atom. The topological polar surface area (TPSA) is 66.8 Å². The van der Waals surface area contributed by atoms with E-state index in [1.54, 1.807) is 4.90 Å². The number of piperidine rings is 1. The average molecular weight is 255 g/mol. The van der Waals surface area contributed by atoms with Crippen molar-refractivity contribution in [2.24, 2.45) is 11.8 Å². The lowest BCUT2D eigenvalue weighted by molar-refractivity contribution is -0.144. The second-order valence-electron chi connectivity index (χ2n) is 4.57. The fraction of sp³-hybridized carbons (Fsp3) is 0.692. The van der Waals surface area contributed by atoms with Crippen LogP contribution >= 0.6 is 0 Å². The van der Waals surface area contributed by atoms with Gasteiger partial charge in [-0.1, -0.05) is 19.6 Å². The predicted molar refractivity (Wildman–Crippen MR) is 67.3 cm³/mol. The molecule has 0 saturated carbocycles. The van der Waals surface area contributed by atoms with Crippen molar-refractivity contribution in [2.45, 2.75) is 26.2 Å². The summed E-state index contributed by atoms with van der Waals surface area (Å²) in [5, 5.41) is 9.14. The Hall–Kier alpha value is -1.52. The van der Waals surface area contributed by atoms with E-state index in [2.05, 4.69) is 6.58 Å². The van der Waals surface area contributed by atoms with Gasteiger partial charge in [0.2, 0.25) is 0 Å². The number of carboxylic acid groups (broad SMARTS) is 1. The van der Waals surface area contributed by atoms with E-state index in [-0.39, 0.29) is 24.5 Å². The minimum absolute atomic E-state index is 0.0255. The second kappa shape index (κ2) is 7.03. The van der Waals surface area contributed by atoms with Crippen molar-refractivity contribution in [1.82, 2.24) is 4.90 Å². The molecule has 1 N–H and O–H groups in total. The number of ether oxygens (including phenoxy) is 1. The molecule has 2 atom stereocenters. The molecule has 18 heavy (non-hydrogen) atoms. The van der Waals surface area contributed by atoms with Crippen molar-refractivity contribution in [3.63, 3.8) is 0 Å². The van der Waals surface area contributed by atoms with Gasteiger partial charge in [-0.3, -0.25) is 4.79 Å². The normalized spacial score (nSPS) is 21.2. The van der Waals surface area contributed by atoms with E-state index in [0.717, 1.165) is 12.8 Å². The monoisotopic (exact) mass is 255 g/mol. The SMILES string of the molecule is C=CCOC(=O)N1CCCC(C(CC)C(=O)O)C1. The molecule has 1 rings (SSSR count). The molecule has 102 valence electrons. The number of likely N-dealkylation sites (tertiary alicyclic amines) is 1. The van der Waals surface area contributed by atoms with Gasteiger partial charge in [-0.2, -0.15) is 0 Å². The molecule has 1 heterocycles. The Balaban J connectivity index is 2.57. The molecule has 1 aliphatic rings. The summed E-state index contributed by atoms with van der Waals surface area (Å²) in [6.45, 7) is 6.66. The number of nitrogens with zero attached hydrogens (tertiary/aromatic N) is 1. The van der Waals surface area contributed by atoms with Gasteiger partial charge < -0.3 is 14.7 Å². The number of amides is 1. The summed E-state index contributed by atoms with van der Waals surface area (Å²) in [7, 11) is 0. The molecule has 0 aromatic carbocycles. The number of hydrogen-bond acceptors (Lipinski definition) is 3. The summed E-state index contributed by atoms with van der Waals surface area (Å²) in [5.74, 6) is -1.12. The van der Waals surface area contributed by atoms with E-state index in [9.17, 15) is 9.59 Å². The Kier molecular flexibility index (Phi) is 5.68. The third-order valence-electron chi connectivity index (χ3n) is 3.37. The molecule has 1 saturated heterocycles. The summed E-state index contributed by atoms with van der Waals surface area (Å²) < 4.78 is 4.97. The largest absolute Gasteiger partial charge is 0.481 e. The quantitative estimate of drug-likeness (QED) is 0.764. The number of rotatable bonds is 5. The van der Waals surface area contributed by atoms with E-state index >= 15 is 0 Å². The Morgan fingerprint density at radius 1 is 1.61 bits per heavy atom. The van der Waals surface area contributed by atoms with Crippen molar-refractivity contribution in [1.29, 1.82) is 0 Å². The van der Waals surface area contributed by atoms with Crippen molar-refractivity contribution in [2.75, 3.05) is 19.7 Å². The van der Waals surface area contributed by atoms with Crippen LogP contribution in [0, 0.1) is 11.8 Å². The maximum atomic E-state index is 11.7. The first-order valence-electron chi connectivity index (χ1n) is 6.35. The number of carboxylic acids is 1. The van der Waals surface area contributed by atoms with E-state index in [1.165, 1.54) is 6.08 Å². The lowest BCUT2D eigenvalue weighted by Crippen LogP contribution is -2.43. The third kappa shape index (κ3) is 3.75. The highest BCUT2D eigenvalue weighted by molar-refractivity contribution is 5.71. The van der Waals surface area contributed by atoms with E-state index in [0.29, 0.717) is 19.5 Å². The van der Waals surface area contributed by atoms with Crippen molar-refractivity contribution in [3.05, 3.63) is 12.7 Å². The standard InChI is InChI=1S/C13H21NO4/c1-3-8-18-13(17)14-7-5-6-10(9-14)11(4-2)12(15)16/h3,10-11H,1,4-9H2,2H3,(H,15,16). The molecule has 5 heteroatoms. The molecule has 0 aliphatic carbocycles. The van der Waals surface area contributed by atoms with Gasteiger partial charge in [-0.25, -0.2) is 4.79 Å². The number of hydrogen-bond donors (Lipinski definition) is 1. The van der Waals surface area contributed by atoms with Crippen molar-refractivity contribution < 1.29 is 19.4 Å². The molecule has 0 aromatic rings. The van der Waals surface area contributed by atoms with Crippen LogP contribution in [0.4, 0.5) is 4.79 Å². The Morgan fingerprint density at radius 2 is 2.33 bits per heavy atom. The maximum Gasteiger partial charge on any atom is 0.410 e. The zero-order valence-electron chi connectivity index (χ0n) is 10.8. The van der Waals surface area contributed by atoms with E-state index in [1.807, 2.05) is 6.92 Å². The smallest absolute Gasteiger partial charge is 0.410 e. The lowest BCUT2D eigenvalue weighted by atomic mass is 9.84. The van der Waals surface area contributed by atoms with Gasteiger partial charge in [0.15, 0.2) is 0 Å².